The predicted molar refractivity (Wildman–Crippen MR) is 81.6 cm³/mol. The lowest BCUT2D eigenvalue weighted by Gasteiger charge is -2.19. The van der Waals surface area contributed by atoms with Crippen LogP contribution in [0.1, 0.15) is 43.2 Å². The monoisotopic (exact) mass is 300 g/mol. The zero-order chi connectivity index (χ0) is 14.9. The molecule has 2 aliphatic heterocycles. The van der Waals surface area contributed by atoms with E-state index in [-0.39, 0.29) is 6.10 Å². The smallest absolute Gasteiger partial charge is 0.225 e. The Morgan fingerprint density at radius 3 is 2.77 bits per heavy atom. The van der Waals surface area contributed by atoms with Crippen molar-refractivity contribution in [3.05, 3.63) is 23.7 Å². The summed E-state index contributed by atoms with van der Waals surface area (Å²) in [6.07, 6.45) is 6.38. The molecule has 0 radical (unpaired) electrons. The van der Waals surface area contributed by atoms with Crippen LogP contribution in [0.4, 0.5) is 5.95 Å². The molecular formula is C16H20N4O2. The molecule has 0 spiro atoms. The fraction of sp³-hybridized carbons (Fsp3) is 0.562. The Labute approximate surface area is 129 Å². The van der Waals surface area contributed by atoms with E-state index in [4.69, 9.17) is 14.2 Å². The Bertz CT molecular complexity index is 658. The molecule has 0 aromatic carbocycles. The first-order valence-electron chi connectivity index (χ1n) is 7.98. The van der Waals surface area contributed by atoms with Gasteiger partial charge in [0.15, 0.2) is 5.76 Å². The molecule has 6 nitrogen and oxygen atoms in total. The van der Waals surface area contributed by atoms with Gasteiger partial charge in [-0.3, -0.25) is 0 Å². The minimum Gasteiger partial charge on any atom is -0.372 e. The van der Waals surface area contributed by atoms with E-state index >= 15 is 0 Å². The van der Waals surface area contributed by atoms with Crippen molar-refractivity contribution < 1.29 is 9.26 Å². The number of nitrogens with zero attached hydrogens (tertiary/aromatic N) is 4. The standard InChI is InChI=1S/C16H20N4O2/c1-11-9-14(22-19-11)12-10-17-16(20-6-2-3-7-20)18-15(12)13-5-4-8-21-13/h9-10,13H,2-8H2,1H3. The number of rotatable bonds is 3. The molecule has 0 aliphatic carbocycles. The molecule has 116 valence electrons. The Hall–Kier alpha value is -1.95. The first-order chi connectivity index (χ1) is 10.8. The third-order valence-electron chi connectivity index (χ3n) is 4.32. The molecule has 0 bridgehead atoms. The van der Waals surface area contributed by atoms with Crippen LogP contribution >= 0.6 is 0 Å². The van der Waals surface area contributed by atoms with Gasteiger partial charge >= 0.3 is 0 Å². The highest BCUT2D eigenvalue weighted by atomic mass is 16.5. The average molecular weight is 300 g/mol. The Kier molecular flexibility index (Phi) is 3.54. The lowest BCUT2D eigenvalue weighted by atomic mass is 10.1. The second-order valence-electron chi connectivity index (χ2n) is 6.00. The van der Waals surface area contributed by atoms with E-state index in [0.717, 1.165) is 61.2 Å². The van der Waals surface area contributed by atoms with E-state index in [1.807, 2.05) is 19.2 Å². The fourth-order valence-electron chi connectivity index (χ4n) is 3.17. The molecule has 2 aromatic rings. The summed E-state index contributed by atoms with van der Waals surface area (Å²) < 4.78 is 11.3. The summed E-state index contributed by atoms with van der Waals surface area (Å²) in [5.41, 5.74) is 2.69. The molecule has 2 aromatic heterocycles. The molecule has 4 rings (SSSR count). The van der Waals surface area contributed by atoms with Crippen LogP contribution in [0.25, 0.3) is 11.3 Å². The number of aryl methyl sites for hydroxylation is 1. The lowest BCUT2D eigenvalue weighted by Crippen LogP contribution is -2.21. The normalized spacial score (nSPS) is 21.7. The summed E-state index contributed by atoms with van der Waals surface area (Å²) in [6.45, 7) is 4.78. The van der Waals surface area contributed by atoms with Crippen LogP contribution in [0, 0.1) is 6.92 Å². The summed E-state index contributed by atoms with van der Waals surface area (Å²) in [5, 5.41) is 3.98. The highest BCUT2D eigenvalue weighted by Gasteiger charge is 2.26. The molecule has 4 heterocycles. The Balaban J connectivity index is 1.76. The van der Waals surface area contributed by atoms with Crippen LogP contribution in [0.5, 0.6) is 0 Å². The molecular weight excluding hydrogens is 280 g/mol. The highest BCUT2D eigenvalue weighted by molar-refractivity contribution is 5.61. The van der Waals surface area contributed by atoms with Crippen molar-refractivity contribution in [2.75, 3.05) is 24.6 Å². The number of ether oxygens (including phenoxy) is 1. The molecule has 2 fully saturated rings. The quantitative estimate of drug-likeness (QED) is 0.868. The summed E-state index contributed by atoms with van der Waals surface area (Å²) in [5.74, 6) is 1.53. The van der Waals surface area contributed by atoms with Gasteiger partial charge in [0, 0.05) is 32.0 Å². The number of hydrogen-bond acceptors (Lipinski definition) is 6. The molecule has 1 unspecified atom stereocenters. The summed E-state index contributed by atoms with van der Waals surface area (Å²) >= 11 is 0. The van der Waals surface area contributed by atoms with Crippen molar-refractivity contribution >= 4 is 5.95 Å². The van der Waals surface area contributed by atoms with Gasteiger partial charge in [-0.15, -0.1) is 0 Å². The van der Waals surface area contributed by atoms with Gasteiger partial charge in [-0.05, 0) is 32.6 Å². The number of anilines is 1. The van der Waals surface area contributed by atoms with Crippen molar-refractivity contribution in [2.45, 2.75) is 38.7 Å². The van der Waals surface area contributed by atoms with Crippen LogP contribution in [0.15, 0.2) is 16.8 Å². The van der Waals surface area contributed by atoms with Gasteiger partial charge < -0.3 is 14.2 Å². The third kappa shape index (κ3) is 2.47. The molecule has 2 saturated heterocycles. The van der Waals surface area contributed by atoms with Gasteiger partial charge in [-0.25, -0.2) is 9.97 Å². The maximum absolute atomic E-state index is 5.85. The first-order valence-corrected chi connectivity index (χ1v) is 7.98. The number of hydrogen-bond donors (Lipinski definition) is 0. The van der Waals surface area contributed by atoms with E-state index in [1.54, 1.807) is 0 Å². The van der Waals surface area contributed by atoms with Gasteiger partial charge in [0.1, 0.15) is 6.10 Å². The van der Waals surface area contributed by atoms with Crippen molar-refractivity contribution in [2.24, 2.45) is 0 Å². The first kappa shape index (κ1) is 13.7. The van der Waals surface area contributed by atoms with Gasteiger partial charge in [0.05, 0.1) is 17.0 Å². The van der Waals surface area contributed by atoms with Crippen LogP contribution < -0.4 is 4.90 Å². The molecule has 1 atom stereocenters. The van der Waals surface area contributed by atoms with Gasteiger partial charge in [-0.2, -0.15) is 0 Å². The lowest BCUT2D eigenvalue weighted by molar-refractivity contribution is 0.109. The minimum atomic E-state index is 0.0322. The largest absolute Gasteiger partial charge is 0.372 e. The Morgan fingerprint density at radius 1 is 1.23 bits per heavy atom. The average Bonchev–Trinajstić information content (AvgIpc) is 3.29. The molecule has 2 aliphatic rings. The van der Waals surface area contributed by atoms with E-state index < -0.39 is 0 Å². The zero-order valence-corrected chi connectivity index (χ0v) is 12.8. The third-order valence-corrected chi connectivity index (χ3v) is 4.32. The van der Waals surface area contributed by atoms with Crippen LogP contribution in [0.3, 0.4) is 0 Å². The predicted octanol–water partition coefficient (Wildman–Crippen LogP) is 2.89. The van der Waals surface area contributed by atoms with E-state index in [2.05, 4.69) is 15.0 Å². The zero-order valence-electron chi connectivity index (χ0n) is 12.8. The topological polar surface area (TPSA) is 64.3 Å². The van der Waals surface area contributed by atoms with Crippen LogP contribution in [-0.2, 0) is 4.74 Å². The molecule has 0 amide bonds. The van der Waals surface area contributed by atoms with Crippen molar-refractivity contribution in [3.8, 4) is 11.3 Å². The van der Waals surface area contributed by atoms with Gasteiger partial charge in [-0.1, -0.05) is 5.16 Å². The van der Waals surface area contributed by atoms with Crippen molar-refractivity contribution in [1.82, 2.24) is 15.1 Å². The van der Waals surface area contributed by atoms with Gasteiger partial charge in [0.2, 0.25) is 5.95 Å². The van der Waals surface area contributed by atoms with E-state index in [1.165, 1.54) is 12.8 Å². The van der Waals surface area contributed by atoms with Crippen LogP contribution in [-0.4, -0.2) is 34.8 Å². The van der Waals surface area contributed by atoms with E-state index in [0.29, 0.717) is 0 Å². The highest BCUT2D eigenvalue weighted by Crippen LogP contribution is 2.35. The maximum Gasteiger partial charge on any atom is 0.225 e. The Morgan fingerprint density at radius 2 is 2.09 bits per heavy atom. The maximum atomic E-state index is 5.85. The van der Waals surface area contributed by atoms with Crippen molar-refractivity contribution in [1.29, 1.82) is 0 Å². The van der Waals surface area contributed by atoms with E-state index in [9.17, 15) is 0 Å². The summed E-state index contributed by atoms with van der Waals surface area (Å²) in [4.78, 5) is 11.6. The number of aromatic nitrogens is 3. The van der Waals surface area contributed by atoms with Gasteiger partial charge in [0.25, 0.3) is 0 Å². The second-order valence-corrected chi connectivity index (χ2v) is 6.00. The molecule has 0 saturated carbocycles. The van der Waals surface area contributed by atoms with Crippen LogP contribution in [0.2, 0.25) is 0 Å². The molecule has 6 heteroatoms. The second kappa shape index (κ2) is 5.68. The summed E-state index contributed by atoms with van der Waals surface area (Å²) in [7, 11) is 0. The summed E-state index contributed by atoms with van der Waals surface area (Å²) in [6, 6.07) is 1.92. The molecule has 0 N–H and O–H groups in total. The SMILES string of the molecule is Cc1cc(-c2cnc(N3CCCC3)nc2C2CCCO2)on1. The fourth-order valence-corrected chi connectivity index (χ4v) is 3.17. The molecule has 22 heavy (non-hydrogen) atoms. The minimum absolute atomic E-state index is 0.0322. The van der Waals surface area contributed by atoms with Crippen molar-refractivity contribution in [3.63, 3.8) is 0 Å².